The predicted octanol–water partition coefficient (Wildman–Crippen LogP) is -0.0637. The number of phenolic OH excluding ortho intramolecular Hbond substituents is 2. The van der Waals surface area contributed by atoms with Crippen LogP contribution in [0.1, 0.15) is 101 Å². The van der Waals surface area contributed by atoms with Gasteiger partial charge in [0.05, 0.1) is 42.0 Å². The number of fused-ring (bicyclic) bond motifs is 3. The van der Waals surface area contributed by atoms with Gasteiger partial charge in [-0.3, -0.25) is 28.8 Å². The predicted molar refractivity (Wildman–Crippen MR) is 177 cm³/mol. The summed E-state index contributed by atoms with van der Waals surface area (Å²) in [6, 6.07) is 3.24. The monoisotopic (exact) mass is 754 g/mol. The number of imide groups is 1. The van der Waals surface area contributed by atoms with Gasteiger partial charge in [-0.25, -0.2) is 4.79 Å². The summed E-state index contributed by atoms with van der Waals surface area (Å²) in [5.41, 5.74) is -4.27. The number of ether oxygens (including phenoxy) is 3. The molecular formula is C36H38N2O16. The second kappa shape index (κ2) is 14.9. The number of hydrogen-bond acceptors (Lipinski definition) is 16. The van der Waals surface area contributed by atoms with Crippen LogP contribution in [0.3, 0.4) is 0 Å². The van der Waals surface area contributed by atoms with E-state index in [0.717, 1.165) is 0 Å². The van der Waals surface area contributed by atoms with Crippen LogP contribution in [0.25, 0.3) is 0 Å². The Bertz CT molecular complexity index is 1940. The minimum atomic E-state index is -2.38. The molecular weight excluding hydrogens is 716 g/mol. The number of carbonyl (C=O) groups excluding carboxylic acids is 7. The molecule has 0 bridgehead atoms. The lowest BCUT2D eigenvalue weighted by atomic mass is 9.72. The summed E-state index contributed by atoms with van der Waals surface area (Å²) in [5.74, 6) is -7.03. The topological polar surface area (TPSA) is 273 Å². The van der Waals surface area contributed by atoms with Gasteiger partial charge in [0.15, 0.2) is 17.9 Å². The maximum Gasteiger partial charge on any atom is 0.333 e. The molecule has 3 amide bonds. The van der Waals surface area contributed by atoms with Gasteiger partial charge in [-0.2, -0.15) is 0 Å². The van der Waals surface area contributed by atoms with Gasteiger partial charge in [0.1, 0.15) is 35.6 Å². The summed E-state index contributed by atoms with van der Waals surface area (Å²) in [5, 5.41) is 58.3. The highest BCUT2D eigenvalue weighted by molar-refractivity contribution is 6.31. The third-order valence-corrected chi connectivity index (χ3v) is 10.1. The molecule has 0 unspecified atom stereocenters. The van der Waals surface area contributed by atoms with Gasteiger partial charge < -0.3 is 49.9 Å². The molecule has 6 N–H and O–H groups in total. The normalized spacial score (nSPS) is 26.2. The highest BCUT2D eigenvalue weighted by Crippen LogP contribution is 2.52. The van der Waals surface area contributed by atoms with Crippen molar-refractivity contribution < 1.29 is 78.1 Å². The molecule has 18 nitrogen and oxygen atoms in total. The zero-order chi connectivity index (χ0) is 39.2. The molecule has 6 atom stereocenters. The number of rotatable bonds is 11. The first kappa shape index (κ1) is 38.5. The minimum absolute atomic E-state index is 0.0311. The molecule has 0 spiro atoms. The van der Waals surface area contributed by atoms with Crippen LogP contribution < -0.4 is 10.1 Å². The van der Waals surface area contributed by atoms with E-state index in [1.807, 2.05) is 0 Å². The van der Waals surface area contributed by atoms with E-state index in [4.69, 9.17) is 19.0 Å². The molecule has 0 aromatic heterocycles. The lowest BCUT2D eigenvalue weighted by Crippen LogP contribution is -2.55. The second-order valence-corrected chi connectivity index (χ2v) is 13.6. The number of aliphatic hydroxyl groups is 3. The Labute approximate surface area is 306 Å². The largest absolute Gasteiger partial charge is 0.507 e. The molecule has 54 heavy (non-hydrogen) atoms. The smallest absolute Gasteiger partial charge is 0.333 e. The third-order valence-electron chi connectivity index (χ3n) is 10.1. The number of methoxy groups -OCH3 is 1. The third kappa shape index (κ3) is 6.82. The van der Waals surface area contributed by atoms with E-state index in [0.29, 0.717) is 5.06 Å². The van der Waals surface area contributed by atoms with Gasteiger partial charge in [-0.1, -0.05) is 12.1 Å². The number of nitrogens with zero attached hydrogens (tertiary/aromatic N) is 1. The average molecular weight is 755 g/mol. The number of aromatic hydroxyl groups is 2. The van der Waals surface area contributed by atoms with Crippen LogP contribution in [-0.2, 0) is 44.7 Å². The molecule has 0 saturated carbocycles. The average Bonchev–Trinajstić information content (AvgIpc) is 3.45. The fraction of sp³-hybridized carbons (Fsp3) is 0.472. The molecule has 2 fully saturated rings. The van der Waals surface area contributed by atoms with E-state index < -0.39 is 119 Å². The lowest BCUT2D eigenvalue weighted by molar-refractivity contribution is -0.249. The van der Waals surface area contributed by atoms with Crippen molar-refractivity contribution in [2.75, 3.05) is 13.7 Å². The number of aliphatic hydroxyl groups excluding tert-OH is 2. The number of carbonyl (C=O) groups is 7. The molecule has 6 rings (SSSR count). The van der Waals surface area contributed by atoms with Crippen LogP contribution >= 0.6 is 0 Å². The van der Waals surface area contributed by atoms with E-state index in [2.05, 4.69) is 5.32 Å². The Morgan fingerprint density at radius 1 is 1.00 bits per heavy atom. The quantitative estimate of drug-likeness (QED) is 0.110. The summed E-state index contributed by atoms with van der Waals surface area (Å²) in [6.07, 6.45) is -7.26. The van der Waals surface area contributed by atoms with Crippen LogP contribution in [0.15, 0.2) is 18.2 Å². The first-order valence-electron chi connectivity index (χ1n) is 17.2. The van der Waals surface area contributed by atoms with Gasteiger partial charge in [0.25, 0.3) is 11.8 Å². The number of ketones is 3. The molecule has 2 heterocycles. The van der Waals surface area contributed by atoms with Crippen molar-refractivity contribution in [2.24, 2.45) is 0 Å². The summed E-state index contributed by atoms with van der Waals surface area (Å²) >= 11 is 0. The Balaban J connectivity index is 1.23. The van der Waals surface area contributed by atoms with Crippen molar-refractivity contribution in [3.8, 4) is 17.2 Å². The number of nitrogens with one attached hydrogen (secondary N) is 1. The van der Waals surface area contributed by atoms with Gasteiger partial charge in [0.2, 0.25) is 11.7 Å². The number of phenols is 2. The van der Waals surface area contributed by atoms with Gasteiger partial charge >= 0.3 is 5.97 Å². The van der Waals surface area contributed by atoms with Gasteiger partial charge in [0, 0.05) is 61.6 Å². The van der Waals surface area contributed by atoms with E-state index in [1.54, 1.807) is 0 Å². The van der Waals surface area contributed by atoms with Crippen molar-refractivity contribution >= 4 is 41.0 Å². The number of Topliss-reactive ketones (excluding diaryl/α,β-unsaturated/α-hetero) is 1. The Kier molecular flexibility index (Phi) is 10.6. The van der Waals surface area contributed by atoms with Crippen LogP contribution in [0.5, 0.6) is 17.2 Å². The van der Waals surface area contributed by atoms with Crippen molar-refractivity contribution in [2.45, 2.75) is 94.5 Å². The SMILES string of the molecule is COc1cccc2c1C(=O)c1c(O)c3c(c(O)c1C2=O)C[C@@](O)(C(=O)CO)C[C@@H]3O[C@H]1C[C@H](NC(=O)CCCC(=O)ON2C(=O)CCC2=O)[C@H](O)[C@H](C)O1. The molecule has 2 aliphatic heterocycles. The molecule has 2 saturated heterocycles. The first-order valence-corrected chi connectivity index (χ1v) is 17.2. The van der Waals surface area contributed by atoms with Crippen LogP contribution in [0.2, 0.25) is 0 Å². The summed E-state index contributed by atoms with van der Waals surface area (Å²) < 4.78 is 17.3. The molecule has 288 valence electrons. The number of hydroxylamine groups is 2. The van der Waals surface area contributed by atoms with E-state index in [1.165, 1.54) is 32.2 Å². The lowest BCUT2D eigenvalue weighted by Gasteiger charge is -2.43. The van der Waals surface area contributed by atoms with Crippen molar-refractivity contribution in [3.05, 3.63) is 51.6 Å². The minimum Gasteiger partial charge on any atom is -0.507 e. The fourth-order valence-corrected chi connectivity index (χ4v) is 7.34. The van der Waals surface area contributed by atoms with Crippen molar-refractivity contribution in [1.82, 2.24) is 10.4 Å². The molecule has 2 aromatic rings. The van der Waals surface area contributed by atoms with Crippen molar-refractivity contribution in [3.63, 3.8) is 0 Å². The van der Waals surface area contributed by atoms with E-state index >= 15 is 0 Å². The maximum atomic E-state index is 13.9. The first-order chi connectivity index (χ1) is 25.6. The second-order valence-electron chi connectivity index (χ2n) is 13.6. The zero-order valence-corrected chi connectivity index (χ0v) is 29.2. The molecule has 2 aromatic carbocycles. The molecule has 4 aliphatic rings. The zero-order valence-electron chi connectivity index (χ0n) is 29.2. The Morgan fingerprint density at radius 2 is 1.69 bits per heavy atom. The Hall–Kier alpha value is -5.27. The number of amides is 3. The number of hydrogen-bond donors (Lipinski definition) is 6. The number of benzene rings is 2. The van der Waals surface area contributed by atoms with Gasteiger partial charge in [-0.05, 0) is 19.4 Å². The van der Waals surface area contributed by atoms with Crippen LogP contribution in [0, 0.1) is 0 Å². The standard InChI is InChI=1S/C36H38N2O16/c1-15-31(45)18(37-22(41)7-4-8-25(44)54-38-23(42)9-10-24(38)43)11-26(52-15)53-20-13-36(50,21(40)14-39)12-17-28(20)35(49)30-29(33(17)47)32(46)16-5-3-6-19(51-2)27(16)34(30)48/h3,5-6,15,18,20,26,31,39,45,47,49-50H,4,7-14H2,1-2H3,(H,37,41)/t15-,18-,20-,26-,31+,36-/m0/s1. The Morgan fingerprint density at radius 3 is 2.35 bits per heavy atom. The summed E-state index contributed by atoms with van der Waals surface area (Å²) in [6.45, 7) is 0.371. The molecule has 2 aliphatic carbocycles. The molecule has 18 heteroatoms. The highest BCUT2D eigenvalue weighted by atomic mass is 16.7. The highest BCUT2D eigenvalue weighted by Gasteiger charge is 2.50. The molecule has 0 radical (unpaired) electrons. The maximum absolute atomic E-state index is 13.9. The fourth-order valence-electron chi connectivity index (χ4n) is 7.34. The summed E-state index contributed by atoms with van der Waals surface area (Å²) in [4.78, 5) is 93.6. The van der Waals surface area contributed by atoms with Crippen LogP contribution in [-0.4, -0.2) is 115 Å². The van der Waals surface area contributed by atoms with Crippen molar-refractivity contribution in [1.29, 1.82) is 0 Å². The van der Waals surface area contributed by atoms with Crippen LogP contribution in [0.4, 0.5) is 0 Å². The van der Waals surface area contributed by atoms with E-state index in [-0.39, 0.29) is 66.5 Å². The summed E-state index contributed by atoms with van der Waals surface area (Å²) in [7, 11) is 1.29. The van der Waals surface area contributed by atoms with Gasteiger partial charge in [-0.15, -0.1) is 5.06 Å². The van der Waals surface area contributed by atoms with E-state index in [9.17, 15) is 59.1 Å².